The minimum Gasteiger partial charge on any atom is -0.489 e. The summed E-state index contributed by atoms with van der Waals surface area (Å²) in [6.07, 6.45) is 3.68. The molecular formula is C29H23Cl2NO5. The molecule has 0 bridgehead atoms. The highest BCUT2D eigenvalue weighted by atomic mass is 35.5. The Hall–Kier alpha value is -3.48. The van der Waals surface area contributed by atoms with Gasteiger partial charge in [0.05, 0.1) is 28.3 Å². The molecule has 0 N–H and O–H groups in total. The van der Waals surface area contributed by atoms with Crippen LogP contribution in [0, 0.1) is 0 Å². The van der Waals surface area contributed by atoms with Gasteiger partial charge in [0.25, 0.3) is 0 Å². The Labute approximate surface area is 224 Å². The molecule has 2 heterocycles. The number of benzene rings is 3. The summed E-state index contributed by atoms with van der Waals surface area (Å²) in [6.45, 7) is 0.272. The summed E-state index contributed by atoms with van der Waals surface area (Å²) in [5.41, 5.74) is 4.65. The zero-order chi connectivity index (χ0) is 25.5. The van der Waals surface area contributed by atoms with Gasteiger partial charge in [-0.3, -0.25) is 0 Å². The third-order valence-electron chi connectivity index (χ3n) is 6.75. The molecule has 0 atom stereocenters. The van der Waals surface area contributed by atoms with Crippen molar-refractivity contribution in [2.45, 2.75) is 38.2 Å². The van der Waals surface area contributed by atoms with Crippen molar-refractivity contribution in [3.8, 4) is 28.5 Å². The molecule has 1 aromatic heterocycles. The van der Waals surface area contributed by atoms with Crippen LogP contribution in [0.2, 0.25) is 10.0 Å². The lowest BCUT2D eigenvalue weighted by Gasteiger charge is -2.13. The Morgan fingerprint density at radius 3 is 2.54 bits per heavy atom. The van der Waals surface area contributed by atoms with E-state index in [2.05, 4.69) is 5.16 Å². The minimum atomic E-state index is -0.392. The van der Waals surface area contributed by atoms with Crippen LogP contribution < -0.4 is 9.47 Å². The zero-order valence-corrected chi connectivity index (χ0v) is 21.6. The Morgan fingerprint density at radius 2 is 1.78 bits per heavy atom. The summed E-state index contributed by atoms with van der Waals surface area (Å²) >= 11 is 13.0. The third kappa shape index (κ3) is 4.67. The lowest BCUT2D eigenvalue weighted by atomic mass is 10.0. The second-order valence-electron chi connectivity index (χ2n) is 9.22. The van der Waals surface area contributed by atoms with Gasteiger partial charge in [0.2, 0.25) is 0 Å². The maximum Gasteiger partial charge on any atom is 0.337 e. The predicted octanol–water partition coefficient (Wildman–Crippen LogP) is 7.78. The van der Waals surface area contributed by atoms with Crippen molar-refractivity contribution in [2.24, 2.45) is 0 Å². The summed E-state index contributed by atoms with van der Waals surface area (Å²) in [7, 11) is 1.37. The molecule has 37 heavy (non-hydrogen) atoms. The van der Waals surface area contributed by atoms with E-state index in [0.717, 1.165) is 53.9 Å². The molecule has 6 nitrogen and oxygen atoms in total. The van der Waals surface area contributed by atoms with Crippen LogP contribution in [0.1, 0.15) is 51.6 Å². The Balaban J connectivity index is 1.26. The first-order chi connectivity index (χ1) is 18.0. The van der Waals surface area contributed by atoms with Crippen molar-refractivity contribution in [1.29, 1.82) is 0 Å². The van der Waals surface area contributed by atoms with Crippen LogP contribution >= 0.6 is 23.2 Å². The van der Waals surface area contributed by atoms with Crippen LogP contribution in [0.5, 0.6) is 17.2 Å². The lowest BCUT2D eigenvalue weighted by Crippen LogP contribution is -2.02. The molecule has 0 radical (unpaired) electrons. The van der Waals surface area contributed by atoms with Gasteiger partial charge >= 0.3 is 5.97 Å². The first kappa shape index (κ1) is 23.9. The number of aryl methyl sites for hydroxylation is 2. The lowest BCUT2D eigenvalue weighted by molar-refractivity contribution is 0.0600. The molecule has 0 spiro atoms. The van der Waals surface area contributed by atoms with Gasteiger partial charge in [-0.25, -0.2) is 4.79 Å². The first-order valence-corrected chi connectivity index (χ1v) is 12.8. The molecule has 1 aliphatic carbocycles. The van der Waals surface area contributed by atoms with E-state index in [4.69, 9.17) is 41.9 Å². The Kier molecular flexibility index (Phi) is 6.31. The van der Waals surface area contributed by atoms with Gasteiger partial charge in [-0.1, -0.05) is 40.5 Å². The van der Waals surface area contributed by atoms with Gasteiger partial charge < -0.3 is 18.7 Å². The number of hydrogen-bond acceptors (Lipinski definition) is 6. The number of carbonyl (C=O) groups excluding carboxylic acids is 1. The van der Waals surface area contributed by atoms with Crippen molar-refractivity contribution in [3.05, 3.63) is 92.7 Å². The van der Waals surface area contributed by atoms with Gasteiger partial charge in [-0.05, 0) is 79.3 Å². The molecule has 1 fully saturated rings. The molecule has 0 amide bonds. The standard InChI is InChI=1S/C29H23Cl2NO5/c1-34-29(33)19-10-6-16-5-9-18-13-20(11-12-24(18)36-25(16)14-19)35-15-21-27(32-37-28(21)17-7-8-17)26-22(30)3-2-4-23(26)31/h2-4,6,10-14,17H,5,7-9,15H2,1H3. The van der Waals surface area contributed by atoms with Crippen LogP contribution in [0.15, 0.2) is 59.1 Å². The molecule has 6 rings (SSSR count). The monoisotopic (exact) mass is 535 g/mol. The number of esters is 1. The first-order valence-electron chi connectivity index (χ1n) is 12.1. The fraction of sp³-hybridized carbons (Fsp3) is 0.241. The van der Waals surface area contributed by atoms with E-state index in [1.807, 2.05) is 24.3 Å². The van der Waals surface area contributed by atoms with Gasteiger partial charge in [0.1, 0.15) is 35.3 Å². The Bertz CT molecular complexity index is 1490. The maximum atomic E-state index is 11.9. The van der Waals surface area contributed by atoms with Crippen molar-refractivity contribution >= 4 is 29.2 Å². The molecule has 188 valence electrons. The van der Waals surface area contributed by atoms with Crippen molar-refractivity contribution in [1.82, 2.24) is 5.16 Å². The van der Waals surface area contributed by atoms with E-state index in [1.54, 1.807) is 30.3 Å². The second-order valence-corrected chi connectivity index (χ2v) is 10.0. The highest BCUT2D eigenvalue weighted by Gasteiger charge is 2.33. The molecule has 8 heteroatoms. The van der Waals surface area contributed by atoms with Crippen molar-refractivity contribution in [2.75, 3.05) is 7.11 Å². The van der Waals surface area contributed by atoms with E-state index < -0.39 is 5.97 Å². The molecule has 1 saturated carbocycles. The van der Waals surface area contributed by atoms with E-state index in [-0.39, 0.29) is 6.61 Å². The molecule has 0 unspecified atom stereocenters. The van der Waals surface area contributed by atoms with E-state index >= 15 is 0 Å². The fourth-order valence-corrected chi connectivity index (χ4v) is 5.21. The maximum absolute atomic E-state index is 11.9. The summed E-state index contributed by atoms with van der Waals surface area (Å²) < 4.78 is 23.0. The number of methoxy groups -OCH3 is 1. The average molecular weight is 536 g/mol. The quantitative estimate of drug-likeness (QED) is 0.234. The van der Waals surface area contributed by atoms with Crippen LogP contribution in [-0.2, 0) is 24.2 Å². The minimum absolute atomic E-state index is 0.272. The van der Waals surface area contributed by atoms with Gasteiger partial charge in [-0.2, -0.15) is 0 Å². The van der Waals surface area contributed by atoms with E-state index in [1.165, 1.54) is 7.11 Å². The van der Waals surface area contributed by atoms with Crippen LogP contribution in [0.25, 0.3) is 11.3 Å². The van der Waals surface area contributed by atoms with Crippen LogP contribution in [-0.4, -0.2) is 18.2 Å². The highest BCUT2D eigenvalue weighted by Crippen LogP contribution is 2.46. The summed E-state index contributed by atoms with van der Waals surface area (Å²) in [6, 6.07) is 16.6. The highest BCUT2D eigenvalue weighted by molar-refractivity contribution is 6.39. The summed E-state index contributed by atoms with van der Waals surface area (Å²) in [5, 5.41) is 5.37. The Morgan fingerprint density at radius 1 is 1.00 bits per heavy atom. The fourth-order valence-electron chi connectivity index (χ4n) is 4.63. The predicted molar refractivity (Wildman–Crippen MR) is 140 cm³/mol. The molecule has 2 aliphatic rings. The SMILES string of the molecule is COC(=O)c1ccc2c(c1)Oc1ccc(OCc3c(-c4c(Cl)cccc4Cl)noc3C3CC3)cc1CC2. The van der Waals surface area contributed by atoms with Crippen molar-refractivity contribution < 1.29 is 23.5 Å². The number of aromatic nitrogens is 1. The van der Waals surface area contributed by atoms with Gasteiger partial charge in [0.15, 0.2) is 0 Å². The number of halogens is 2. The number of nitrogens with zero attached hydrogens (tertiary/aromatic N) is 1. The summed E-state index contributed by atoms with van der Waals surface area (Å²) in [4.78, 5) is 11.9. The second kappa shape index (κ2) is 9.77. The number of carbonyl (C=O) groups is 1. The zero-order valence-electron chi connectivity index (χ0n) is 20.1. The molecule has 4 aromatic rings. The van der Waals surface area contributed by atoms with Gasteiger partial charge in [-0.15, -0.1) is 0 Å². The molecule has 3 aromatic carbocycles. The third-order valence-corrected chi connectivity index (χ3v) is 7.38. The molecule has 0 saturated heterocycles. The average Bonchev–Trinajstić information content (AvgIpc) is 3.69. The van der Waals surface area contributed by atoms with Crippen molar-refractivity contribution in [3.63, 3.8) is 0 Å². The number of hydrogen-bond donors (Lipinski definition) is 0. The van der Waals surface area contributed by atoms with Gasteiger partial charge in [0, 0.05) is 11.5 Å². The topological polar surface area (TPSA) is 70.8 Å². The number of rotatable bonds is 6. The van der Waals surface area contributed by atoms with E-state index in [9.17, 15) is 4.79 Å². The number of fused-ring (bicyclic) bond motifs is 2. The normalized spacial score (nSPS) is 14.2. The van der Waals surface area contributed by atoms with Crippen LogP contribution in [0.3, 0.4) is 0 Å². The molecular weight excluding hydrogens is 513 g/mol. The summed E-state index contributed by atoms with van der Waals surface area (Å²) in [5.74, 6) is 2.89. The largest absolute Gasteiger partial charge is 0.489 e. The number of ether oxygens (including phenoxy) is 3. The van der Waals surface area contributed by atoms with E-state index in [0.29, 0.717) is 44.3 Å². The van der Waals surface area contributed by atoms with Crippen LogP contribution in [0.4, 0.5) is 0 Å². The smallest absolute Gasteiger partial charge is 0.337 e. The molecule has 1 aliphatic heterocycles.